The standard InChI is InChI=1S/C15H19N3O4.ClH/c1-17(10-13(19)16-9-14(20)21)12-7-8-18(15(12)22)11-5-3-2-4-6-11;/h2-6,12H,7-10H2,1H3,(H,16,19)(H,20,21);1H. The van der Waals surface area contributed by atoms with Gasteiger partial charge in [0, 0.05) is 12.2 Å². The van der Waals surface area contributed by atoms with Crippen LogP contribution in [0.4, 0.5) is 5.69 Å². The van der Waals surface area contributed by atoms with Gasteiger partial charge in [0.2, 0.25) is 11.8 Å². The first-order chi connectivity index (χ1) is 10.5. The molecule has 23 heavy (non-hydrogen) atoms. The summed E-state index contributed by atoms with van der Waals surface area (Å²) in [6.45, 7) is 0.183. The van der Waals surface area contributed by atoms with Gasteiger partial charge in [-0.2, -0.15) is 0 Å². The fourth-order valence-electron chi connectivity index (χ4n) is 2.50. The maximum atomic E-state index is 12.5. The van der Waals surface area contributed by atoms with Crippen molar-refractivity contribution in [2.45, 2.75) is 12.5 Å². The molecule has 1 fully saturated rings. The highest BCUT2D eigenvalue weighted by Gasteiger charge is 2.35. The van der Waals surface area contributed by atoms with Crippen LogP contribution in [0.3, 0.4) is 0 Å². The van der Waals surface area contributed by atoms with Gasteiger partial charge in [0.1, 0.15) is 6.54 Å². The minimum Gasteiger partial charge on any atom is -0.480 e. The topological polar surface area (TPSA) is 89.9 Å². The van der Waals surface area contributed by atoms with Crippen molar-refractivity contribution in [2.24, 2.45) is 0 Å². The molecule has 2 amide bonds. The van der Waals surface area contributed by atoms with Crippen LogP contribution in [0.2, 0.25) is 0 Å². The first-order valence-electron chi connectivity index (χ1n) is 7.04. The van der Waals surface area contributed by atoms with Crippen LogP contribution in [-0.2, 0) is 14.4 Å². The molecular weight excluding hydrogens is 322 g/mol. The van der Waals surface area contributed by atoms with Crippen LogP contribution >= 0.6 is 12.4 Å². The molecule has 1 aliphatic heterocycles. The number of halogens is 1. The van der Waals surface area contributed by atoms with Crippen LogP contribution in [0.15, 0.2) is 30.3 Å². The Morgan fingerprint density at radius 2 is 2.00 bits per heavy atom. The molecule has 1 unspecified atom stereocenters. The minimum absolute atomic E-state index is 0. The average Bonchev–Trinajstić information content (AvgIpc) is 2.88. The lowest BCUT2D eigenvalue weighted by molar-refractivity contribution is -0.138. The number of hydrogen-bond acceptors (Lipinski definition) is 4. The molecule has 2 rings (SSSR count). The van der Waals surface area contributed by atoms with Crippen LogP contribution in [0.1, 0.15) is 6.42 Å². The number of carbonyl (C=O) groups is 3. The molecule has 2 N–H and O–H groups in total. The van der Waals surface area contributed by atoms with Crippen molar-refractivity contribution < 1.29 is 19.5 Å². The Morgan fingerprint density at radius 3 is 2.61 bits per heavy atom. The first-order valence-corrected chi connectivity index (χ1v) is 7.04. The van der Waals surface area contributed by atoms with Gasteiger partial charge >= 0.3 is 5.97 Å². The average molecular weight is 342 g/mol. The highest BCUT2D eigenvalue weighted by atomic mass is 35.5. The van der Waals surface area contributed by atoms with Crippen LogP contribution in [0.5, 0.6) is 0 Å². The molecule has 1 saturated heterocycles. The van der Waals surface area contributed by atoms with Crippen molar-refractivity contribution in [2.75, 3.05) is 31.6 Å². The fourth-order valence-corrected chi connectivity index (χ4v) is 2.50. The predicted molar refractivity (Wildman–Crippen MR) is 87.7 cm³/mol. The number of carbonyl (C=O) groups excluding carboxylic acids is 2. The second-order valence-electron chi connectivity index (χ2n) is 5.22. The van der Waals surface area contributed by atoms with E-state index in [1.54, 1.807) is 16.8 Å². The zero-order chi connectivity index (χ0) is 16.1. The van der Waals surface area contributed by atoms with E-state index in [2.05, 4.69) is 5.32 Å². The number of amides is 2. The molecule has 1 aromatic carbocycles. The number of hydrogen-bond donors (Lipinski definition) is 2. The summed E-state index contributed by atoms with van der Waals surface area (Å²) in [5, 5.41) is 10.8. The van der Waals surface area contributed by atoms with Crippen molar-refractivity contribution in [3.63, 3.8) is 0 Å². The molecule has 0 aromatic heterocycles. The van der Waals surface area contributed by atoms with Crippen LogP contribution in [-0.4, -0.2) is 60.5 Å². The van der Waals surface area contributed by atoms with Crippen molar-refractivity contribution in [3.05, 3.63) is 30.3 Å². The highest BCUT2D eigenvalue weighted by Crippen LogP contribution is 2.23. The summed E-state index contributed by atoms with van der Waals surface area (Å²) < 4.78 is 0. The molecule has 1 aliphatic rings. The van der Waals surface area contributed by atoms with Gasteiger partial charge in [-0.25, -0.2) is 0 Å². The molecule has 0 bridgehead atoms. The van der Waals surface area contributed by atoms with Crippen molar-refractivity contribution in [3.8, 4) is 0 Å². The maximum absolute atomic E-state index is 12.5. The lowest BCUT2D eigenvalue weighted by Gasteiger charge is -2.23. The number of para-hydroxylation sites is 1. The normalized spacial score (nSPS) is 17.0. The van der Waals surface area contributed by atoms with E-state index in [1.165, 1.54) is 0 Å². The quantitative estimate of drug-likeness (QED) is 0.779. The Hall–Kier alpha value is -2.12. The molecular formula is C15H20ClN3O4. The summed E-state index contributed by atoms with van der Waals surface area (Å²) in [4.78, 5) is 37.9. The Balaban J connectivity index is 0.00000264. The van der Waals surface area contributed by atoms with Gasteiger partial charge in [-0.05, 0) is 25.6 Å². The van der Waals surface area contributed by atoms with Gasteiger partial charge in [-0.1, -0.05) is 18.2 Å². The first kappa shape index (κ1) is 18.9. The second kappa shape index (κ2) is 8.50. The van der Waals surface area contributed by atoms with Crippen molar-refractivity contribution in [1.29, 1.82) is 0 Å². The maximum Gasteiger partial charge on any atom is 0.322 e. The number of rotatable bonds is 6. The van der Waals surface area contributed by atoms with Crippen LogP contribution in [0.25, 0.3) is 0 Å². The van der Waals surface area contributed by atoms with Gasteiger partial charge in [0.05, 0.1) is 12.6 Å². The van der Waals surface area contributed by atoms with Crippen molar-refractivity contribution in [1.82, 2.24) is 10.2 Å². The molecule has 0 aliphatic carbocycles. The summed E-state index contributed by atoms with van der Waals surface area (Å²) in [5.74, 6) is -1.54. The molecule has 1 heterocycles. The molecule has 1 atom stereocenters. The number of likely N-dealkylation sites (N-methyl/N-ethyl adjacent to an activating group) is 1. The molecule has 0 saturated carbocycles. The summed E-state index contributed by atoms with van der Waals surface area (Å²) >= 11 is 0. The Bertz CT molecular complexity index is 567. The van der Waals surface area contributed by atoms with Gasteiger partial charge in [0.25, 0.3) is 0 Å². The number of nitrogens with one attached hydrogen (secondary N) is 1. The number of carboxylic acids is 1. The van der Waals surface area contributed by atoms with E-state index in [1.807, 2.05) is 30.3 Å². The van der Waals surface area contributed by atoms with E-state index >= 15 is 0 Å². The number of carboxylic acid groups (broad SMARTS) is 1. The number of benzene rings is 1. The van der Waals surface area contributed by atoms with E-state index < -0.39 is 18.4 Å². The van der Waals surface area contributed by atoms with Gasteiger partial charge < -0.3 is 15.3 Å². The lowest BCUT2D eigenvalue weighted by Crippen LogP contribution is -2.45. The number of aliphatic carboxylic acids is 1. The molecule has 126 valence electrons. The largest absolute Gasteiger partial charge is 0.480 e. The molecule has 0 radical (unpaired) electrons. The Morgan fingerprint density at radius 1 is 1.35 bits per heavy atom. The third-order valence-electron chi connectivity index (χ3n) is 3.61. The van der Waals surface area contributed by atoms with E-state index in [9.17, 15) is 14.4 Å². The Kier molecular flexibility index (Phi) is 6.99. The minimum atomic E-state index is -1.09. The van der Waals surface area contributed by atoms with E-state index in [-0.39, 0.29) is 30.9 Å². The predicted octanol–water partition coefficient (Wildman–Crippen LogP) is 0.346. The third-order valence-corrected chi connectivity index (χ3v) is 3.61. The number of nitrogens with zero attached hydrogens (tertiary/aromatic N) is 2. The molecule has 8 heteroatoms. The highest BCUT2D eigenvalue weighted by molar-refractivity contribution is 5.99. The van der Waals surface area contributed by atoms with Gasteiger partial charge in [-0.3, -0.25) is 19.3 Å². The van der Waals surface area contributed by atoms with Crippen LogP contribution < -0.4 is 10.2 Å². The molecule has 0 spiro atoms. The van der Waals surface area contributed by atoms with Gasteiger partial charge in [0.15, 0.2) is 0 Å². The Labute approximate surface area is 140 Å². The molecule has 7 nitrogen and oxygen atoms in total. The summed E-state index contributed by atoms with van der Waals surface area (Å²) in [5.41, 5.74) is 0.846. The fraction of sp³-hybridized carbons (Fsp3) is 0.400. The van der Waals surface area contributed by atoms with E-state index in [0.29, 0.717) is 13.0 Å². The van der Waals surface area contributed by atoms with E-state index in [0.717, 1.165) is 5.69 Å². The third kappa shape index (κ3) is 4.94. The zero-order valence-corrected chi connectivity index (χ0v) is 13.6. The smallest absolute Gasteiger partial charge is 0.322 e. The monoisotopic (exact) mass is 341 g/mol. The second-order valence-corrected chi connectivity index (χ2v) is 5.22. The number of anilines is 1. The van der Waals surface area contributed by atoms with Crippen molar-refractivity contribution >= 4 is 35.9 Å². The molecule has 1 aromatic rings. The summed E-state index contributed by atoms with van der Waals surface area (Å²) in [7, 11) is 1.69. The van der Waals surface area contributed by atoms with E-state index in [4.69, 9.17) is 5.11 Å². The summed E-state index contributed by atoms with van der Waals surface area (Å²) in [6.07, 6.45) is 0.635. The SMILES string of the molecule is CN(CC(=O)NCC(=O)O)C1CCN(c2ccccc2)C1=O.Cl. The zero-order valence-electron chi connectivity index (χ0n) is 12.8. The van der Waals surface area contributed by atoms with Crippen LogP contribution in [0, 0.1) is 0 Å². The summed E-state index contributed by atoms with van der Waals surface area (Å²) in [6, 6.07) is 9.02. The lowest BCUT2D eigenvalue weighted by atomic mass is 10.2. The van der Waals surface area contributed by atoms with Gasteiger partial charge in [-0.15, -0.1) is 12.4 Å².